The Morgan fingerprint density at radius 1 is 0.633 bits per heavy atom. The Morgan fingerprint density at radius 3 is 1.67 bits per heavy atom. The summed E-state index contributed by atoms with van der Waals surface area (Å²) in [4.78, 5) is 2.54. The molecule has 0 saturated carbocycles. The van der Waals surface area contributed by atoms with Gasteiger partial charge in [0.2, 0.25) is 0 Å². The lowest BCUT2D eigenvalue weighted by Crippen LogP contribution is -1.81. The van der Waals surface area contributed by atoms with Gasteiger partial charge in [0.1, 0.15) is 0 Å². The molecule has 2 rings (SSSR count). The van der Waals surface area contributed by atoms with Crippen LogP contribution in [-0.2, 0) is 0 Å². The number of thioether (sulfide) groups is 2. The Labute approximate surface area is 192 Å². The summed E-state index contributed by atoms with van der Waals surface area (Å²) in [5.41, 5.74) is 4.32. The summed E-state index contributed by atoms with van der Waals surface area (Å²) < 4.78 is 1.29. The highest BCUT2D eigenvalue weighted by molar-refractivity contribution is 8.22. The third kappa shape index (κ3) is 10.8. The fourth-order valence-electron chi connectivity index (χ4n) is 2.83. The normalized spacial score (nSPS) is 11.9. The lowest BCUT2D eigenvalue weighted by atomic mass is 10.1. The van der Waals surface area contributed by atoms with E-state index in [1.54, 1.807) is 0 Å². The molecule has 0 aliphatic carbocycles. The first-order chi connectivity index (χ1) is 14.5. The van der Waals surface area contributed by atoms with Crippen molar-refractivity contribution in [2.75, 3.05) is 0 Å². The van der Waals surface area contributed by atoms with Crippen molar-refractivity contribution in [3.63, 3.8) is 0 Å². The average molecular weight is 435 g/mol. The van der Waals surface area contributed by atoms with E-state index in [1.807, 2.05) is 23.5 Å². The molecular weight excluding hydrogens is 400 g/mol. The van der Waals surface area contributed by atoms with Crippen molar-refractivity contribution < 1.29 is 0 Å². The van der Waals surface area contributed by atoms with Crippen LogP contribution in [0.5, 0.6) is 0 Å². The third-order valence-electron chi connectivity index (χ3n) is 4.55. The molecule has 0 atom stereocenters. The van der Waals surface area contributed by atoms with Crippen LogP contribution >= 0.6 is 23.5 Å². The summed E-state index contributed by atoms with van der Waals surface area (Å²) in [6.07, 6.45) is 13.8. The van der Waals surface area contributed by atoms with Crippen molar-refractivity contribution in [3.05, 3.63) is 106 Å². The molecule has 0 aromatic heterocycles. The average Bonchev–Trinajstić information content (AvgIpc) is 2.73. The predicted octanol–water partition coefficient (Wildman–Crippen LogP) is 9.83. The van der Waals surface area contributed by atoms with Crippen LogP contribution in [-0.4, -0.2) is 0 Å². The SMILES string of the molecule is CC(C)=CCC/C(C)=C/CC/C(C)=C/C=C(Sc1ccccc1)Sc1ccccc1. The van der Waals surface area contributed by atoms with Crippen LogP contribution in [0.2, 0.25) is 0 Å². The molecule has 30 heavy (non-hydrogen) atoms. The second kappa shape index (κ2) is 14.2. The number of allylic oxidation sites excluding steroid dienone is 7. The Bertz CT molecular complexity index is 824. The van der Waals surface area contributed by atoms with Crippen LogP contribution in [0.4, 0.5) is 0 Å². The highest BCUT2D eigenvalue weighted by Crippen LogP contribution is 2.39. The van der Waals surface area contributed by atoms with Crippen molar-refractivity contribution in [1.82, 2.24) is 0 Å². The molecule has 0 radical (unpaired) electrons. The maximum Gasteiger partial charge on any atom is 0.0498 e. The molecule has 0 heterocycles. The van der Waals surface area contributed by atoms with Crippen molar-refractivity contribution in [2.45, 2.75) is 63.2 Å². The molecule has 0 amide bonds. The standard InChI is InChI=1S/C28H34S2/c1-23(2)13-11-14-24(3)15-12-16-25(4)21-22-28(29-26-17-7-5-8-18-26)30-27-19-9-6-10-20-27/h5-10,13,15,17-22H,11-12,14,16H2,1-4H3/b24-15+,25-21+. The summed E-state index contributed by atoms with van der Waals surface area (Å²) in [6.45, 7) is 8.83. The number of benzene rings is 2. The Balaban J connectivity index is 1.98. The fourth-order valence-corrected chi connectivity index (χ4v) is 4.90. The molecular formula is C28H34S2. The molecule has 2 aromatic rings. The van der Waals surface area contributed by atoms with Crippen molar-refractivity contribution in [2.24, 2.45) is 0 Å². The van der Waals surface area contributed by atoms with Gasteiger partial charge >= 0.3 is 0 Å². The number of hydrogen-bond acceptors (Lipinski definition) is 2. The summed E-state index contributed by atoms with van der Waals surface area (Å²) in [5, 5.41) is 0. The van der Waals surface area contributed by atoms with Gasteiger partial charge in [-0.05, 0) is 83.7 Å². The topological polar surface area (TPSA) is 0 Å². The fraction of sp³-hybridized carbons (Fsp3) is 0.286. The lowest BCUT2D eigenvalue weighted by Gasteiger charge is -2.07. The smallest absolute Gasteiger partial charge is 0.0498 e. The van der Waals surface area contributed by atoms with Gasteiger partial charge in [0.05, 0.1) is 0 Å². The zero-order chi connectivity index (χ0) is 21.6. The largest absolute Gasteiger partial charge is 0.0856 e. The van der Waals surface area contributed by atoms with Gasteiger partial charge < -0.3 is 0 Å². The highest BCUT2D eigenvalue weighted by atomic mass is 32.2. The first kappa shape index (κ1) is 24.4. The molecule has 0 aliphatic heterocycles. The van der Waals surface area contributed by atoms with E-state index in [0.29, 0.717) is 0 Å². The van der Waals surface area contributed by atoms with E-state index >= 15 is 0 Å². The zero-order valence-corrected chi connectivity index (χ0v) is 20.4. The van der Waals surface area contributed by atoms with E-state index in [1.165, 1.54) is 37.2 Å². The van der Waals surface area contributed by atoms with E-state index in [2.05, 4.69) is 113 Å². The van der Waals surface area contributed by atoms with Crippen LogP contribution in [0.3, 0.4) is 0 Å². The minimum Gasteiger partial charge on any atom is -0.0856 e. The minimum absolute atomic E-state index is 1.11. The van der Waals surface area contributed by atoms with Gasteiger partial charge in [-0.2, -0.15) is 0 Å². The first-order valence-corrected chi connectivity index (χ1v) is 12.3. The van der Waals surface area contributed by atoms with Crippen LogP contribution < -0.4 is 0 Å². The van der Waals surface area contributed by atoms with E-state index in [4.69, 9.17) is 0 Å². The van der Waals surface area contributed by atoms with Gasteiger partial charge in [-0.25, -0.2) is 0 Å². The maximum atomic E-state index is 2.40. The van der Waals surface area contributed by atoms with Crippen LogP contribution in [0.25, 0.3) is 0 Å². The summed E-state index contributed by atoms with van der Waals surface area (Å²) in [6, 6.07) is 21.2. The Kier molecular flexibility index (Phi) is 11.5. The molecule has 2 heteroatoms. The highest BCUT2D eigenvalue weighted by Gasteiger charge is 2.03. The summed E-state index contributed by atoms with van der Waals surface area (Å²) in [5.74, 6) is 0. The first-order valence-electron chi connectivity index (χ1n) is 10.6. The number of hydrogen-bond donors (Lipinski definition) is 0. The second-order valence-corrected chi connectivity index (χ2v) is 10.2. The van der Waals surface area contributed by atoms with Crippen molar-refractivity contribution >= 4 is 23.5 Å². The van der Waals surface area contributed by atoms with Crippen LogP contribution in [0.1, 0.15) is 53.4 Å². The molecule has 0 nitrogen and oxygen atoms in total. The summed E-state index contributed by atoms with van der Waals surface area (Å²) >= 11 is 3.66. The van der Waals surface area contributed by atoms with Gasteiger partial charge in [-0.15, -0.1) is 0 Å². The van der Waals surface area contributed by atoms with Gasteiger partial charge in [0.25, 0.3) is 0 Å². The van der Waals surface area contributed by atoms with Crippen molar-refractivity contribution in [3.8, 4) is 0 Å². The number of rotatable bonds is 11. The van der Waals surface area contributed by atoms with Gasteiger partial charge in [0, 0.05) is 14.0 Å². The Morgan fingerprint density at radius 2 is 1.13 bits per heavy atom. The van der Waals surface area contributed by atoms with Gasteiger partial charge in [0.15, 0.2) is 0 Å². The molecule has 0 spiro atoms. The lowest BCUT2D eigenvalue weighted by molar-refractivity contribution is 0.918. The van der Waals surface area contributed by atoms with E-state index in [0.717, 1.165) is 19.3 Å². The molecule has 0 unspecified atom stereocenters. The zero-order valence-electron chi connectivity index (χ0n) is 18.7. The molecule has 0 aliphatic rings. The molecule has 0 bridgehead atoms. The van der Waals surface area contributed by atoms with Crippen LogP contribution in [0, 0.1) is 0 Å². The minimum atomic E-state index is 1.11. The molecule has 2 aromatic carbocycles. The van der Waals surface area contributed by atoms with E-state index in [-0.39, 0.29) is 0 Å². The molecule has 158 valence electrons. The van der Waals surface area contributed by atoms with E-state index in [9.17, 15) is 0 Å². The maximum absolute atomic E-state index is 2.40. The van der Waals surface area contributed by atoms with Crippen LogP contribution in [0.15, 0.2) is 116 Å². The summed E-state index contributed by atoms with van der Waals surface area (Å²) in [7, 11) is 0. The quantitative estimate of drug-likeness (QED) is 0.196. The van der Waals surface area contributed by atoms with E-state index < -0.39 is 0 Å². The monoisotopic (exact) mass is 434 g/mol. The van der Waals surface area contributed by atoms with Gasteiger partial charge in [-0.1, -0.05) is 94.9 Å². The Hall–Kier alpha value is -1.90. The molecule has 0 saturated heterocycles. The molecule has 0 N–H and O–H groups in total. The van der Waals surface area contributed by atoms with Crippen molar-refractivity contribution in [1.29, 1.82) is 0 Å². The predicted molar refractivity (Wildman–Crippen MR) is 138 cm³/mol. The van der Waals surface area contributed by atoms with Gasteiger partial charge in [-0.3, -0.25) is 0 Å². The third-order valence-corrected chi connectivity index (χ3v) is 6.74. The molecule has 0 fully saturated rings. The second-order valence-electron chi connectivity index (χ2n) is 7.74.